The molecule has 1 unspecified atom stereocenters. The topological polar surface area (TPSA) is 58.3 Å². The molecule has 1 atom stereocenters. The fraction of sp³-hybridized carbons (Fsp3) is 0.389. The normalized spacial score (nSPS) is 16.0. The Morgan fingerprint density at radius 2 is 2.13 bits per heavy atom. The van der Waals surface area contributed by atoms with Gasteiger partial charge in [0.15, 0.2) is 10.8 Å². The number of benzene rings is 1. The molecule has 3 aromatic rings. The zero-order valence-corrected chi connectivity index (χ0v) is 13.7. The average molecular weight is 328 g/mol. The lowest BCUT2D eigenvalue weighted by atomic mass is 10.1. The van der Waals surface area contributed by atoms with E-state index in [4.69, 9.17) is 9.52 Å². The van der Waals surface area contributed by atoms with Crippen molar-refractivity contribution in [2.45, 2.75) is 31.8 Å². The number of aromatic nitrogens is 1. The third kappa shape index (κ3) is 3.32. The molecule has 1 aromatic carbocycles. The standard InChI is InChI=1S/C18H20N2O2S/c21-10-9-14(12-5-6-12)19-11-13-7-8-16(22-13)18-20-15-3-1-2-4-17(15)23-18/h1-4,7-8,12,14,19,21H,5-6,9-11H2. The van der Waals surface area contributed by atoms with Crippen LogP contribution in [0.25, 0.3) is 21.0 Å². The Labute approximate surface area is 139 Å². The first kappa shape index (κ1) is 14.9. The van der Waals surface area contributed by atoms with E-state index in [1.807, 2.05) is 30.3 Å². The first-order valence-corrected chi connectivity index (χ1v) is 8.94. The van der Waals surface area contributed by atoms with Gasteiger partial charge in [-0.1, -0.05) is 12.1 Å². The van der Waals surface area contributed by atoms with Crippen molar-refractivity contribution in [2.75, 3.05) is 6.61 Å². The summed E-state index contributed by atoms with van der Waals surface area (Å²) in [6.07, 6.45) is 3.36. The van der Waals surface area contributed by atoms with Crippen LogP contribution in [-0.2, 0) is 6.54 Å². The van der Waals surface area contributed by atoms with Crippen LogP contribution >= 0.6 is 11.3 Å². The highest BCUT2D eigenvalue weighted by Gasteiger charge is 2.30. The van der Waals surface area contributed by atoms with Gasteiger partial charge in [-0.3, -0.25) is 0 Å². The molecule has 2 aromatic heterocycles. The second-order valence-corrected chi connectivity index (χ2v) is 7.12. The van der Waals surface area contributed by atoms with Crippen molar-refractivity contribution in [1.82, 2.24) is 10.3 Å². The van der Waals surface area contributed by atoms with Gasteiger partial charge >= 0.3 is 0 Å². The number of aliphatic hydroxyl groups excluding tert-OH is 1. The van der Waals surface area contributed by atoms with Crippen LogP contribution in [0.15, 0.2) is 40.8 Å². The molecule has 23 heavy (non-hydrogen) atoms. The van der Waals surface area contributed by atoms with Gasteiger partial charge in [-0.2, -0.15) is 0 Å². The van der Waals surface area contributed by atoms with E-state index in [1.165, 1.54) is 17.5 Å². The highest BCUT2D eigenvalue weighted by atomic mass is 32.1. The van der Waals surface area contributed by atoms with Crippen LogP contribution in [0.2, 0.25) is 0 Å². The summed E-state index contributed by atoms with van der Waals surface area (Å²) in [6, 6.07) is 12.5. The second-order valence-electron chi connectivity index (χ2n) is 6.09. The predicted molar refractivity (Wildman–Crippen MR) is 92.4 cm³/mol. The lowest BCUT2D eigenvalue weighted by Crippen LogP contribution is -2.31. The maximum absolute atomic E-state index is 9.16. The van der Waals surface area contributed by atoms with Crippen LogP contribution in [0.1, 0.15) is 25.0 Å². The fourth-order valence-corrected chi connectivity index (χ4v) is 3.87. The minimum Gasteiger partial charge on any atom is -0.457 e. The van der Waals surface area contributed by atoms with E-state index < -0.39 is 0 Å². The Kier molecular flexibility index (Phi) is 4.16. The quantitative estimate of drug-likeness (QED) is 0.692. The monoisotopic (exact) mass is 328 g/mol. The Morgan fingerprint density at radius 3 is 2.91 bits per heavy atom. The maximum Gasteiger partial charge on any atom is 0.163 e. The highest BCUT2D eigenvalue weighted by molar-refractivity contribution is 7.21. The molecule has 4 rings (SSSR count). The molecule has 1 aliphatic rings. The lowest BCUT2D eigenvalue weighted by molar-refractivity contribution is 0.254. The minimum absolute atomic E-state index is 0.239. The van der Waals surface area contributed by atoms with E-state index in [1.54, 1.807) is 11.3 Å². The van der Waals surface area contributed by atoms with Gasteiger partial charge in [0.05, 0.1) is 16.8 Å². The minimum atomic E-state index is 0.239. The third-order valence-corrected chi connectivity index (χ3v) is 5.39. The predicted octanol–water partition coefficient (Wildman–Crippen LogP) is 3.81. The summed E-state index contributed by atoms with van der Waals surface area (Å²) in [6.45, 7) is 0.940. The molecular weight excluding hydrogens is 308 g/mol. The van der Waals surface area contributed by atoms with Gasteiger partial charge in [-0.15, -0.1) is 11.3 Å². The molecule has 1 fully saturated rings. The molecule has 2 N–H and O–H groups in total. The van der Waals surface area contributed by atoms with E-state index in [2.05, 4.69) is 16.4 Å². The summed E-state index contributed by atoms with van der Waals surface area (Å²) in [4.78, 5) is 4.63. The van der Waals surface area contributed by atoms with Gasteiger partial charge < -0.3 is 14.8 Å². The molecule has 0 radical (unpaired) electrons. The molecule has 1 saturated carbocycles. The molecule has 5 heteroatoms. The van der Waals surface area contributed by atoms with Gasteiger partial charge in [0.2, 0.25) is 0 Å². The van der Waals surface area contributed by atoms with Crippen LogP contribution < -0.4 is 5.32 Å². The first-order chi connectivity index (χ1) is 11.3. The second kappa shape index (κ2) is 6.43. The Hall–Kier alpha value is -1.69. The zero-order chi connectivity index (χ0) is 15.6. The molecule has 0 spiro atoms. The molecule has 1 aliphatic carbocycles. The summed E-state index contributed by atoms with van der Waals surface area (Å²) >= 11 is 1.65. The van der Waals surface area contributed by atoms with E-state index >= 15 is 0 Å². The SMILES string of the molecule is OCCC(NCc1ccc(-c2nc3ccccc3s2)o1)C1CC1. The molecular formula is C18H20N2O2S. The summed E-state index contributed by atoms with van der Waals surface area (Å²) < 4.78 is 7.13. The maximum atomic E-state index is 9.16. The molecule has 120 valence electrons. The highest BCUT2D eigenvalue weighted by Crippen LogP contribution is 2.34. The zero-order valence-electron chi connectivity index (χ0n) is 12.9. The van der Waals surface area contributed by atoms with Gasteiger partial charge in [0, 0.05) is 12.6 Å². The van der Waals surface area contributed by atoms with Crippen molar-refractivity contribution in [1.29, 1.82) is 0 Å². The number of hydrogen-bond acceptors (Lipinski definition) is 5. The van der Waals surface area contributed by atoms with Gasteiger partial charge in [0.25, 0.3) is 0 Å². The summed E-state index contributed by atoms with van der Waals surface area (Å²) in [5.74, 6) is 2.47. The molecule has 0 amide bonds. The van der Waals surface area contributed by atoms with Gasteiger partial charge in [0.1, 0.15) is 5.76 Å². The number of thiazole rings is 1. The Balaban J connectivity index is 1.45. The summed E-state index contributed by atoms with van der Waals surface area (Å²) in [5, 5.41) is 13.6. The van der Waals surface area contributed by atoms with Crippen molar-refractivity contribution in [3.63, 3.8) is 0 Å². The van der Waals surface area contributed by atoms with Gasteiger partial charge in [-0.25, -0.2) is 4.98 Å². The molecule has 0 saturated heterocycles. The van der Waals surface area contributed by atoms with E-state index in [0.29, 0.717) is 12.6 Å². The Morgan fingerprint density at radius 1 is 1.26 bits per heavy atom. The molecule has 4 nitrogen and oxygen atoms in total. The van der Waals surface area contributed by atoms with E-state index in [9.17, 15) is 0 Å². The van der Waals surface area contributed by atoms with Crippen LogP contribution in [0.3, 0.4) is 0 Å². The lowest BCUT2D eigenvalue weighted by Gasteiger charge is -2.15. The van der Waals surface area contributed by atoms with E-state index in [-0.39, 0.29) is 6.61 Å². The number of fused-ring (bicyclic) bond motifs is 1. The number of aliphatic hydroxyl groups is 1. The van der Waals surface area contributed by atoms with Crippen molar-refractivity contribution < 1.29 is 9.52 Å². The van der Waals surface area contributed by atoms with Crippen molar-refractivity contribution in [3.8, 4) is 10.8 Å². The third-order valence-electron chi connectivity index (χ3n) is 4.34. The molecule has 0 aliphatic heterocycles. The number of para-hydroxylation sites is 1. The number of furan rings is 1. The number of hydrogen-bond donors (Lipinski definition) is 2. The number of nitrogens with zero attached hydrogens (tertiary/aromatic N) is 1. The largest absolute Gasteiger partial charge is 0.457 e. The van der Waals surface area contributed by atoms with Crippen molar-refractivity contribution in [3.05, 3.63) is 42.2 Å². The molecule has 2 heterocycles. The summed E-state index contributed by atoms with van der Waals surface area (Å²) in [7, 11) is 0. The van der Waals surface area contributed by atoms with Gasteiger partial charge in [-0.05, 0) is 49.4 Å². The average Bonchev–Trinajstić information content (AvgIpc) is 3.14. The van der Waals surface area contributed by atoms with Crippen molar-refractivity contribution >= 4 is 21.6 Å². The van der Waals surface area contributed by atoms with Crippen LogP contribution in [0.5, 0.6) is 0 Å². The number of rotatable bonds is 7. The van der Waals surface area contributed by atoms with Crippen LogP contribution in [0, 0.1) is 5.92 Å². The van der Waals surface area contributed by atoms with E-state index in [0.717, 1.165) is 34.4 Å². The number of nitrogens with one attached hydrogen (secondary N) is 1. The fourth-order valence-electron chi connectivity index (χ4n) is 2.94. The van der Waals surface area contributed by atoms with Crippen LogP contribution in [-0.4, -0.2) is 22.7 Å². The smallest absolute Gasteiger partial charge is 0.163 e. The summed E-state index contributed by atoms with van der Waals surface area (Å²) in [5.41, 5.74) is 1.01. The molecule has 0 bridgehead atoms. The first-order valence-electron chi connectivity index (χ1n) is 8.12. The van der Waals surface area contributed by atoms with Crippen LogP contribution in [0.4, 0.5) is 0 Å². The Bertz CT molecular complexity index is 758. The van der Waals surface area contributed by atoms with Crippen molar-refractivity contribution in [2.24, 2.45) is 5.92 Å².